The Kier molecular flexibility index (Phi) is 3.04. The van der Waals surface area contributed by atoms with Gasteiger partial charge >= 0.3 is 0 Å². The summed E-state index contributed by atoms with van der Waals surface area (Å²) in [6.07, 6.45) is 10.1. The minimum Gasteiger partial charge on any atom is -0.360 e. The van der Waals surface area contributed by atoms with Crippen molar-refractivity contribution in [2.24, 2.45) is 5.92 Å². The lowest BCUT2D eigenvalue weighted by atomic mass is 9.79. The Morgan fingerprint density at radius 2 is 1.95 bits per heavy atom. The summed E-state index contributed by atoms with van der Waals surface area (Å²) in [5.41, 5.74) is 0.521. The monoisotopic (exact) mass is 274 g/mol. The van der Waals surface area contributed by atoms with Gasteiger partial charge in [-0.15, -0.1) is 0 Å². The number of rotatable bonds is 2. The SMILES string of the molecule is O=C(c1cc(C2CC2)on1)N1C[C@H]2CCCCCC[C@@H]21. The van der Waals surface area contributed by atoms with Crippen LogP contribution < -0.4 is 0 Å². The molecule has 2 aliphatic carbocycles. The van der Waals surface area contributed by atoms with Crippen LogP contribution in [0.4, 0.5) is 0 Å². The Labute approximate surface area is 119 Å². The molecule has 0 spiro atoms. The highest BCUT2D eigenvalue weighted by atomic mass is 16.5. The summed E-state index contributed by atoms with van der Waals surface area (Å²) in [5.74, 6) is 2.24. The number of hydrogen-bond acceptors (Lipinski definition) is 3. The standard InChI is InChI=1S/C16H22N2O2/c19-16(13-9-15(20-17-13)11-7-8-11)18-10-12-5-3-1-2-4-6-14(12)18/h9,11-12,14H,1-8,10H2/t12-,14+/m1/s1. The normalized spacial score (nSPS) is 30.1. The molecule has 108 valence electrons. The van der Waals surface area contributed by atoms with Crippen molar-refractivity contribution >= 4 is 5.91 Å². The number of amides is 1. The van der Waals surface area contributed by atoms with Crippen molar-refractivity contribution in [2.75, 3.05) is 6.54 Å². The number of nitrogens with zero attached hydrogens (tertiary/aromatic N) is 2. The summed E-state index contributed by atoms with van der Waals surface area (Å²) in [6, 6.07) is 2.33. The molecule has 1 amide bonds. The lowest BCUT2D eigenvalue weighted by Crippen LogP contribution is -2.58. The van der Waals surface area contributed by atoms with Crippen molar-refractivity contribution in [3.63, 3.8) is 0 Å². The van der Waals surface area contributed by atoms with Gasteiger partial charge in [-0.1, -0.05) is 30.8 Å². The first kappa shape index (κ1) is 12.4. The summed E-state index contributed by atoms with van der Waals surface area (Å²) in [5, 5.41) is 3.99. The maximum absolute atomic E-state index is 12.5. The fraction of sp³-hybridized carbons (Fsp3) is 0.750. The molecule has 20 heavy (non-hydrogen) atoms. The fourth-order valence-electron chi connectivity index (χ4n) is 3.75. The van der Waals surface area contributed by atoms with E-state index in [9.17, 15) is 4.79 Å². The summed E-state index contributed by atoms with van der Waals surface area (Å²) in [6.45, 7) is 0.926. The number of aromatic nitrogens is 1. The minimum absolute atomic E-state index is 0.0856. The third kappa shape index (κ3) is 2.15. The highest BCUT2D eigenvalue weighted by Gasteiger charge is 2.42. The van der Waals surface area contributed by atoms with E-state index in [1.165, 1.54) is 51.4 Å². The molecule has 2 heterocycles. The maximum Gasteiger partial charge on any atom is 0.276 e. The first-order valence-corrected chi connectivity index (χ1v) is 8.10. The Morgan fingerprint density at radius 1 is 1.15 bits per heavy atom. The summed E-state index contributed by atoms with van der Waals surface area (Å²) in [7, 11) is 0. The van der Waals surface area contributed by atoms with Crippen LogP contribution in [-0.2, 0) is 0 Å². The van der Waals surface area contributed by atoms with Crippen molar-refractivity contribution in [3.8, 4) is 0 Å². The molecule has 4 rings (SSSR count). The lowest BCUT2D eigenvalue weighted by molar-refractivity contribution is 0.00356. The zero-order valence-corrected chi connectivity index (χ0v) is 11.9. The van der Waals surface area contributed by atoms with Gasteiger partial charge in [0.2, 0.25) is 0 Å². The molecule has 4 heteroatoms. The molecule has 1 aromatic heterocycles. The van der Waals surface area contributed by atoms with Gasteiger partial charge in [0.1, 0.15) is 5.76 Å². The van der Waals surface area contributed by atoms with E-state index < -0.39 is 0 Å². The first-order valence-electron chi connectivity index (χ1n) is 8.10. The third-order valence-corrected chi connectivity index (χ3v) is 5.19. The summed E-state index contributed by atoms with van der Waals surface area (Å²) in [4.78, 5) is 14.6. The van der Waals surface area contributed by atoms with Crippen LogP contribution >= 0.6 is 0 Å². The van der Waals surface area contributed by atoms with Crippen molar-refractivity contribution < 1.29 is 9.32 Å². The molecule has 0 radical (unpaired) electrons. The lowest BCUT2D eigenvalue weighted by Gasteiger charge is -2.49. The second-order valence-electron chi connectivity index (χ2n) is 6.67. The number of fused-ring (bicyclic) bond motifs is 1. The van der Waals surface area contributed by atoms with E-state index in [2.05, 4.69) is 5.16 Å². The number of carbonyl (C=O) groups excluding carboxylic acids is 1. The van der Waals surface area contributed by atoms with E-state index in [4.69, 9.17) is 4.52 Å². The average Bonchev–Trinajstić information content (AvgIpc) is 3.15. The smallest absolute Gasteiger partial charge is 0.276 e. The molecule has 2 saturated carbocycles. The summed E-state index contributed by atoms with van der Waals surface area (Å²) >= 11 is 0. The van der Waals surface area contributed by atoms with Crippen LogP contribution in [0.2, 0.25) is 0 Å². The van der Waals surface area contributed by atoms with E-state index in [0.717, 1.165) is 18.2 Å². The van der Waals surface area contributed by atoms with Crippen LogP contribution in [0.3, 0.4) is 0 Å². The molecule has 1 aliphatic heterocycles. The molecule has 3 fully saturated rings. The van der Waals surface area contributed by atoms with Gasteiger partial charge in [-0.05, 0) is 31.6 Å². The van der Waals surface area contributed by atoms with Gasteiger partial charge in [-0.3, -0.25) is 4.79 Å². The van der Waals surface area contributed by atoms with Crippen LogP contribution in [0, 0.1) is 5.92 Å². The molecule has 2 atom stereocenters. The van der Waals surface area contributed by atoms with Crippen LogP contribution in [0.15, 0.2) is 10.6 Å². The van der Waals surface area contributed by atoms with Crippen LogP contribution in [-0.4, -0.2) is 28.6 Å². The first-order chi connectivity index (χ1) is 9.83. The molecule has 0 bridgehead atoms. The Hall–Kier alpha value is -1.32. The Morgan fingerprint density at radius 3 is 2.75 bits per heavy atom. The zero-order chi connectivity index (χ0) is 13.5. The predicted octanol–water partition coefficient (Wildman–Crippen LogP) is 3.35. The molecule has 0 N–H and O–H groups in total. The quantitative estimate of drug-likeness (QED) is 0.831. The maximum atomic E-state index is 12.5. The van der Waals surface area contributed by atoms with E-state index in [1.54, 1.807) is 0 Å². The molecule has 4 nitrogen and oxygen atoms in total. The molecule has 1 saturated heterocycles. The topological polar surface area (TPSA) is 46.3 Å². The van der Waals surface area contributed by atoms with Gasteiger partial charge in [-0.25, -0.2) is 0 Å². The van der Waals surface area contributed by atoms with Gasteiger partial charge in [0.05, 0.1) is 0 Å². The minimum atomic E-state index is 0.0856. The van der Waals surface area contributed by atoms with Gasteiger partial charge in [0, 0.05) is 24.6 Å². The van der Waals surface area contributed by atoms with Crippen LogP contribution in [0.1, 0.15) is 73.5 Å². The van der Waals surface area contributed by atoms with Crippen molar-refractivity contribution in [1.29, 1.82) is 0 Å². The molecular formula is C16H22N2O2. The summed E-state index contributed by atoms with van der Waals surface area (Å²) < 4.78 is 5.31. The highest BCUT2D eigenvalue weighted by Crippen LogP contribution is 2.41. The van der Waals surface area contributed by atoms with Crippen LogP contribution in [0.25, 0.3) is 0 Å². The average molecular weight is 274 g/mol. The number of likely N-dealkylation sites (tertiary alicyclic amines) is 1. The van der Waals surface area contributed by atoms with Crippen molar-refractivity contribution in [3.05, 3.63) is 17.5 Å². The second-order valence-corrected chi connectivity index (χ2v) is 6.67. The van der Waals surface area contributed by atoms with Crippen molar-refractivity contribution in [2.45, 2.75) is 63.3 Å². The largest absolute Gasteiger partial charge is 0.360 e. The molecular weight excluding hydrogens is 252 g/mol. The number of carbonyl (C=O) groups is 1. The molecule has 0 unspecified atom stereocenters. The molecule has 3 aliphatic rings. The number of hydrogen-bond donors (Lipinski definition) is 0. The molecule has 0 aromatic carbocycles. The van der Waals surface area contributed by atoms with E-state index in [1.807, 2.05) is 11.0 Å². The second kappa shape index (κ2) is 4.90. The van der Waals surface area contributed by atoms with Gasteiger partial charge in [0.25, 0.3) is 5.91 Å². The van der Waals surface area contributed by atoms with E-state index in [0.29, 0.717) is 17.7 Å². The van der Waals surface area contributed by atoms with Gasteiger partial charge in [-0.2, -0.15) is 0 Å². The van der Waals surface area contributed by atoms with E-state index >= 15 is 0 Å². The zero-order valence-electron chi connectivity index (χ0n) is 11.9. The Bertz CT molecular complexity index is 506. The van der Waals surface area contributed by atoms with Gasteiger partial charge < -0.3 is 9.42 Å². The van der Waals surface area contributed by atoms with Gasteiger partial charge in [0.15, 0.2) is 5.69 Å². The molecule has 1 aromatic rings. The highest BCUT2D eigenvalue weighted by molar-refractivity contribution is 5.93. The predicted molar refractivity (Wildman–Crippen MR) is 74.5 cm³/mol. The Balaban J connectivity index is 1.45. The van der Waals surface area contributed by atoms with Crippen LogP contribution in [0.5, 0.6) is 0 Å². The van der Waals surface area contributed by atoms with Crippen molar-refractivity contribution in [1.82, 2.24) is 10.1 Å². The third-order valence-electron chi connectivity index (χ3n) is 5.19. The van der Waals surface area contributed by atoms with E-state index in [-0.39, 0.29) is 5.91 Å². The fourth-order valence-corrected chi connectivity index (χ4v) is 3.75.